The Kier molecular flexibility index (Phi) is 8.35. The molecule has 0 amide bonds. The van der Waals surface area contributed by atoms with Crippen LogP contribution < -0.4 is 0 Å². The fraction of sp³-hybridized carbons (Fsp3) is 0.818. The van der Waals surface area contributed by atoms with Crippen molar-refractivity contribution in [3.63, 3.8) is 0 Å². The summed E-state index contributed by atoms with van der Waals surface area (Å²) in [6.07, 6.45) is 0.119. The van der Waals surface area contributed by atoms with Gasteiger partial charge in [0.05, 0.1) is 40.0 Å². The molecule has 0 rings (SSSR count). The van der Waals surface area contributed by atoms with Crippen molar-refractivity contribution in [1.82, 2.24) is 4.90 Å². The van der Waals surface area contributed by atoms with Gasteiger partial charge in [-0.05, 0) is 13.8 Å². The smallest absolute Gasteiger partial charge is 0.319 e. The molecule has 0 aliphatic carbocycles. The third-order valence-electron chi connectivity index (χ3n) is 2.02. The van der Waals surface area contributed by atoms with Gasteiger partial charge in [-0.15, -0.1) is 0 Å². The number of esters is 2. The van der Waals surface area contributed by atoms with Crippen molar-refractivity contribution < 1.29 is 23.8 Å². The van der Waals surface area contributed by atoms with Crippen LogP contribution in [0.15, 0.2) is 0 Å². The van der Waals surface area contributed by atoms with Gasteiger partial charge < -0.3 is 14.2 Å². The first-order valence-corrected chi connectivity index (χ1v) is 5.47. The Hall–Kier alpha value is -1.14. The third-order valence-corrected chi connectivity index (χ3v) is 2.02. The largest absolute Gasteiger partial charge is 0.468 e. The molecule has 0 unspecified atom stereocenters. The Morgan fingerprint density at radius 3 is 1.88 bits per heavy atom. The molecule has 100 valence electrons. The topological polar surface area (TPSA) is 65.1 Å². The minimum absolute atomic E-state index is 0.0487. The maximum absolute atomic E-state index is 11.1. The molecule has 0 aromatic carbocycles. The molecule has 0 fully saturated rings. The summed E-state index contributed by atoms with van der Waals surface area (Å²) >= 11 is 0. The monoisotopic (exact) mass is 247 g/mol. The first kappa shape index (κ1) is 15.9. The molecule has 6 heteroatoms. The lowest BCUT2D eigenvalue weighted by molar-refractivity contribution is -0.145. The van der Waals surface area contributed by atoms with Crippen LogP contribution in [0.1, 0.15) is 13.8 Å². The highest BCUT2D eigenvalue weighted by molar-refractivity contribution is 5.74. The zero-order valence-corrected chi connectivity index (χ0v) is 10.9. The van der Waals surface area contributed by atoms with E-state index in [1.165, 1.54) is 14.2 Å². The van der Waals surface area contributed by atoms with Crippen molar-refractivity contribution >= 4 is 11.9 Å². The molecular weight excluding hydrogens is 226 g/mol. The van der Waals surface area contributed by atoms with Gasteiger partial charge in [-0.3, -0.25) is 14.5 Å². The average molecular weight is 247 g/mol. The van der Waals surface area contributed by atoms with Gasteiger partial charge in [-0.2, -0.15) is 0 Å². The maximum atomic E-state index is 11.1. The van der Waals surface area contributed by atoms with Gasteiger partial charge in [0.25, 0.3) is 0 Å². The normalized spacial score (nSPS) is 10.7. The van der Waals surface area contributed by atoms with Crippen LogP contribution in [0.2, 0.25) is 0 Å². The molecule has 0 saturated heterocycles. The van der Waals surface area contributed by atoms with Gasteiger partial charge in [-0.1, -0.05) is 0 Å². The van der Waals surface area contributed by atoms with Crippen molar-refractivity contribution in [2.75, 3.05) is 40.5 Å². The Morgan fingerprint density at radius 2 is 1.53 bits per heavy atom. The summed E-state index contributed by atoms with van der Waals surface area (Å²) in [5.74, 6) is -0.781. The fourth-order valence-electron chi connectivity index (χ4n) is 1.13. The molecule has 0 N–H and O–H groups in total. The third kappa shape index (κ3) is 8.65. The fourth-order valence-corrected chi connectivity index (χ4v) is 1.13. The van der Waals surface area contributed by atoms with Gasteiger partial charge in [0.1, 0.15) is 0 Å². The second-order valence-corrected chi connectivity index (χ2v) is 3.78. The SMILES string of the molecule is COC(=O)CN(CCOC(C)C)CC(=O)OC. The van der Waals surface area contributed by atoms with E-state index < -0.39 is 11.9 Å². The summed E-state index contributed by atoms with van der Waals surface area (Å²) in [5, 5.41) is 0. The molecule has 6 nitrogen and oxygen atoms in total. The van der Waals surface area contributed by atoms with Gasteiger partial charge in [0, 0.05) is 6.54 Å². The summed E-state index contributed by atoms with van der Waals surface area (Å²) < 4.78 is 14.5. The molecule has 0 radical (unpaired) electrons. The molecule has 0 heterocycles. The second-order valence-electron chi connectivity index (χ2n) is 3.78. The predicted molar refractivity (Wildman–Crippen MR) is 61.6 cm³/mol. The lowest BCUT2D eigenvalue weighted by Crippen LogP contribution is -2.38. The summed E-state index contributed by atoms with van der Waals surface area (Å²) in [7, 11) is 2.62. The van der Waals surface area contributed by atoms with Crippen LogP contribution in [0.4, 0.5) is 0 Å². The van der Waals surface area contributed by atoms with Crippen LogP contribution in [0.25, 0.3) is 0 Å². The Bertz CT molecular complexity index is 224. The maximum Gasteiger partial charge on any atom is 0.319 e. The molecule has 0 aliphatic rings. The highest BCUT2D eigenvalue weighted by Crippen LogP contribution is 1.94. The van der Waals surface area contributed by atoms with E-state index in [-0.39, 0.29) is 19.2 Å². The van der Waals surface area contributed by atoms with E-state index in [1.54, 1.807) is 4.90 Å². The van der Waals surface area contributed by atoms with E-state index >= 15 is 0 Å². The number of hydrogen-bond donors (Lipinski definition) is 0. The van der Waals surface area contributed by atoms with E-state index in [4.69, 9.17) is 4.74 Å². The van der Waals surface area contributed by atoms with Crippen LogP contribution in [0, 0.1) is 0 Å². The Labute approximate surface area is 102 Å². The van der Waals surface area contributed by atoms with Crippen LogP contribution >= 0.6 is 0 Å². The lowest BCUT2D eigenvalue weighted by Gasteiger charge is -2.20. The molecule has 0 aromatic heterocycles. The van der Waals surface area contributed by atoms with Crippen LogP contribution in [0.3, 0.4) is 0 Å². The van der Waals surface area contributed by atoms with E-state index in [0.717, 1.165) is 0 Å². The predicted octanol–water partition coefficient (Wildman–Crippen LogP) is 0.0594. The first-order chi connectivity index (χ1) is 7.99. The van der Waals surface area contributed by atoms with Crippen LogP contribution in [-0.4, -0.2) is 63.4 Å². The molecule has 0 atom stereocenters. The molecular formula is C11H21NO5. The van der Waals surface area contributed by atoms with Crippen molar-refractivity contribution in [2.45, 2.75) is 20.0 Å². The number of ether oxygens (including phenoxy) is 3. The number of carbonyl (C=O) groups excluding carboxylic acids is 2. The number of methoxy groups -OCH3 is 2. The molecule has 0 spiro atoms. The molecule has 17 heavy (non-hydrogen) atoms. The van der Waals surface area contributed by atoms with Crippen LogP contribution in [0.5, 0.6) is 0 Å². The summed E-state index contributed by atoms with van der Waals surface area (Å²) in [6.45, 7) is 4.87. The Morgan fingerprint density at radius 1 is 1.06 bits per heavy atom. The minimum atomic E-state index is -0.390. The molecule has 0 aromatic rings. The van der Waals surface area contributed by atoms with Gasteiger partial charge in [0.15, 0.2) is 0 Å². The van der Waals surface area contributed by atoms with E-state index in [0.29, 0.717) is 13.2 Å². The number of hydrogen-bond acceptors (Lipinski definition) is 6. The summed E-state index contributed by atoms with van der Waals surface area (Å²) in [6, 6.07) is 0. The zero-order chi connectivity index (χ0) is 13.3. The molecule has 0 saturated carbocycles. The minimum Gasteiger partial charge on any atom is -0.468 e. The van der Waals surface area contributed by atoms with E-state index in [1.807, 2.05) is 13.8 Å². The number of nitrogens with zero attached hydrogens (tertiary/aromatic N) is 1. The highest BCUT2D eigenvalue weighted by atomic mass is 16.5. The summed E-state index contributed by atoms with van der Waals surface area (Å²) in [5.41, 5.74) is 0. The van der Waals surface area contributed by atoms with E-state index in [9.17, 15) is 9.59 Å². The lowest BCUT2D eigenvalue weighted by atomic mass is 10.4. The summed E-state index contributed by atoms with van der Waals surface area (Å²) in [4.78, 5) is 23.9. The molecule has 0 bridgehead atoms. The number of carbonyl (C=O) groups is 2. The standard InChI is InChI=1S/C11H21NO5/c1-9(2)17-6-5-12(7-10(13)15-3)8-11(14)16-4/h9H,5-8H2,1-4H3. The van der Waals surface area contributed by atoms with Crippen molar-refractivity contribution in [1.29, 1.82) is 0 Å². The quantitative estimate of drug-likeness (QED) is 0.565. The van der Waals surface area contributed by atoms with E-state index in [2.05, 4.69) is 9.47 Å². The Balaban J connectivity index is 4.10. The van der Waals surface area contributed by atoms with Gasteiger partial charge in [0.2, 0.25) is 0 Å². The van der Waals surface area contributed by atoms with Crippen LogP contribution in [-0.2, 0) is 23.8 Å². The van der Waals surface area contributed by atoms with Crippen molar-refractivity contribution in [3.8, 4) is 0 Å². The van der Waals surface area contributed by atoms with Gasteiger partial charge >= 0.3 is 11.9 Å². The second kappa shape index (κ2) is 8.95. The number of rotatable bonds is 8. The zero-order valence-electron chi connectivity index (χ0n) is 10.9. The highest BCUT2D eigenvalue weighted by Gasteiger charge is 2.15. The van der Waals surface area contributed by atoms with Crippen molar-refractivity contribution in [3.05, 3.63) is 0 Å². The first-order valence-electron chi connectivity index (χ1n) is 5.47. The van der Waals surface area contributed by atoms with Gasteiger partial charge in [-0.25, -0.2) is 0 Å². The molecule has 0 aliphatic heterocycles. The van der Waals surface area contributed by atoms with Crippen molar-refractivity contribution in [2.24, 2.45) is 0 Å². The average Bonchev–Trinajstić information content (AvgIpc) is 2.27.